The Hall–Kier alpha value is -1.49. The minimum absolute atomic E-state index is 0.0806. The van der Waals surface area contributed by atoms with Crippen LogP contribution in [0.15, 0.2) is 18.2 Å². The average Bonchev–Trinajstić information content (AvgIpc) is 2.38. The molecule has 0 aliphatic carbocycles. The summed E-state index contributed by atoms with van der Waals surface area (Å²) < 4.78 is 26.0. The maximum atomic E-state index is 13.3. The lowest BCUT2D eigenvalue weighted by Crippen LogP contribution is -2.32. The molecule has 1 amide bonds. The summed E-state index contributed by atoms with van der Waals surface area (Å²) in [4.78, 5) is 13.4. The number of benzene rings is 1. The van der Waals surface area contributed by atoms with E-state index in [-0.39, 0.29) is 12.5 Å². The van der Waals surface area contributed by atoms with Crippen molar-refractivity contribution in [1.29, 1.82) is 0 Å². The SMILES string of the molecule is CCN(CC)C(=O)CCNCc1ccc(F)cc1F. The fourth-order valence-electron chi connectivity index (χ4n) is 1.82. The van der Waals surface area contributed by atoms with Crippen molar-refractivity contribution in [3.8, 4) is 0 Å². The summed E-state index contributed by atoms with van der Waals surface area (Å²) in [5.74, 6) is -1.07. The molecule has 19 heavy (non-hydrogen) atoms. The van der Waals surface area contributed by atoms with E-state index in [1.54, 1.807) is 4.90 Å². The topological polar surface area (TPSA) is 32.3 Å². The van der Waals surface area contributed by atoms with Gasteiger partial charge in [0.15, 0.2) is 0 Å². The van der Waals surface area contributed by atoms with Crippen molar-refractivity contribution in [3.05, 3.63) is 35.4 Å². The standard InChI is InChI=1S/C14H20F2N2O/c1-3-18(4-2)14(19)7-8-17-10-11-5-6-12(15)9-13(11)16/h5-6,9,17H,3-4,7-8,10H2,1-2H3. The summed E-state index contributed by atoms with van der Waals surface area (Å²) in [5, 5.41) is 2.99. The summed E-state index contributed by atoms with van der Waals surface area (Å²) >= 11 is 0. The van der Waals surface area contributed by atoms with Crippen molar-refractivity contribution in [2.24, 2.45) is 0 Å². The molecule has 5 heteroatoms. The molecule has 1 rings (SSSR count). The van der Waals surface area contributed by atoms with E-state index < -0.39 is 11.6 Å². The van der Waals surface area contributed by atoms with Crippen LogP contribution in [0.3, 0.4) is 0 Å². The number of hydrogen-bond acceptors (Lipinski definition) is 2. The smallest absolute Gasteiger partial charge is 0.223 e. The summed E-state index contributed by atoms with van der Waals surface area (Å²) in [6.07, 6.45) is 0.379. The minimum Gasteiger partial charge on any atom is -0.343 e. The highest BCUT2D eigenvalue weighted by Crippen LogP contribution is 2.08. The van der Waals surface area contributed by atoms with E-state index >= 15 is 0 Å². The second kappa shape index (κ2) is 7.84. The highest BCUT2D eigenvalue weighted by atomic mass is 19.1. The Morgan fingerprint density at radius 2 is 1.95 bits per heavy atom. The van der Waals surface area contributed by atoms with Gasteiger partial charge in [-0.3, -0.25) is 4.79 Å². The van der Waals surface area contributed by atoms with Gasteiger partial charge in [0, 0.05) is 44.2 Å². The fourth-order valence-corrected chi connectivity index (χ4v) is 1.82. The van der Waals surface area contributed by atoms with Crippen LogP contribution < -0.4 is 5.32 Å². The molecule has 0 radical (unpaired) electrons. The van der Waals surface area contributed by atoms with Crippen LogP contribution in [0.25, 0.3) is 0 Å². The summed E-state index contributed by atoms with van der Waals surface area (Å²) in [6.45, 7) is 6.03. The van der Waals surface area contributed by atoms with Gasteiger partial charge in [-0.05, 0) is 19.9 Å². The molecule has 0 spiro atoms. The van der Waals surface area contributed by atoms with Crippen LogP contribution in [0.2, 0.25) is 0 Å². The predicted octanol–water partition coefficient (Wildman–Crippen LogP) is 2.31. The third-order valence-corrected chi connectivity index (χ3v) is 2.96. The van der Waals surface area contributed by atoms with Crippen molar-refractivity contribution >= 4 is 5.91 Å². The number of halogens is 2. The van der Waals surface area contributed by atoms with Gasteiger partial charge in [-0.15, -0.1) is 0 Å². The molecule has 0 saturated carbocycles. The number of rotatable bonds is 7. The van der Waals surface area contributed by atoms with Gasteiger partial charge in [-0.2, -0.15) is 0 Å². The Kier molecular flexibility index (Phi) is 6.42. The molecule has 0 atom stereocenters. The molecule has 0 aromatic heterocycles. The zero-order valence-corrected chi connectivity index (χ0v) is 11.4. The number of nitrogens with zero attached hydrogens (tertiary/aromatic N) is 1. The molecule has 1 aromatic rings. The maximum Gasteiger partial charge on any atom is 0.223 e. The quantitative estimate of drug-likeness (QED) is 0.771. The largest absolute Gasteiger partial charge is 0.343 e. The lowest BCUT2D eigenvalue weighted by molar-refractivity contribution is -0.130. The van der Waals surface area contributed by atoms with Crippen LogP contribution in [0, 0.1) is 11.6 Å². The second-order valence-electron chi connectivity index (χ2n) is 4.23. The first-order chi connectivity index (χ1) is 9.08. The molecule has 0 fully saturated rings. The average molecular weight is 270 g/mol. The van der Waals surface area contributed by atoms with E-state index in [1.165, 1.54) is 12.1 Å². The lowest BCUT2D eigenvalue weighted by Gasteiger charge is -2.18. The normalized spacial score (nSPS) is 10.5. The van der Waals surface area contributed by atoms with Crippen molar-refractivity contribution in [3.63, 3.8) is 0 Å². The van der Waals surface area contributed by atoms with Crippen LogP contribution in [0.5, 0.6) is 0 Å². The van der Waals surface area contributed by atoms with Gasteiger partial charge >= 0.3 is 0 Å². The van der Waals surface area contributed by atoms with Gasteiger partial charge < -0.3 is 10.2 Å². The van der Waals surface area contributed by atoms with E-state index in [4.69, 9.17) is 0 Å². The van der Waals surface area contributed by atoms with E-state index in [2.05, 4.69) is 5.32 Å². The molecule has 106 valence electrons. The van der Waals surface area contributed by atoms with E-state index in [0.717, 1.165) is 6.07 Å². The number of amides is 1. The van der Waals surface area contributed by atoms with Gasteiger partial charge in [-0.25, -0.2) is 8.78 Å². The fraction of sp³-hybridized carbons (Fsp3) is 0.500. The van der Waals surface area contributed by atoms with Crippen molar-refractivity contribution in [1.82, 2.24) is 10.2 Å². The number of nitrogens with one attached hydrogen (secondary N) is 1. The zero-order valence-electron chi connectivity index (χ0n) is 11.4. The molecule has 0 saturated heterocycles. The molecular formula is C14H20F2N2O. The Labute approximate surface area is 112 Å². The zero-order chi connectivity index (χ0) is 14.3. The van der Waals surface area contributed by atoms with Crippen LogP contribution in [0.1, 0.15) is 25.8 Å². The van der Waals surface area contributed by atoms with Crippen molar-refractivity contribution < 1.29 is 13.6 Å². The Morgan fingerprint density at radius 3 is 2.53 bits per heavy atom. The minimum atomic E-state index is -0.585. The van der Waals surface area contributed by atoms with Crippen molar-refractivity contribution in [2.45, 2.75) is 26.8 Å². The Bertz CT molecular complexity index is 420. The molecule has 0 bridgehead atoms. The highest BCUT2D eigenvalue weighted by molar-refractivity contribution is 5.76. The molecule has 1 aromatic carbocycles. The van der Waals surface area contributed by atoms with Gasteiger partial charge in [0.1, 0.15) is 11.6 Å². The molecule has 3 nitrogen and oxygen atoms in total. The molecule has 0 aliphatic rings. The third-order valence-electron chi connectivity index (χ3n) is 2.96. The molecule has 0 heterocycles. The Morgan fingerprint density at radius 1 is 1.26 bits per heavy atom. The first kappa shape index (κ1) is 15.6. The predicted molar refractivity (Wildman–Crippen MR) is 70.6 cm³/mol. The lowest BCUT2D eigenvalue weighted by atomic mass is 10.2. The number of carbonyl (C=O) groups excluding carboxylic acids is 1. The molecule has 1 N–H and O–H groups in total. The first-order valence-corrected chi connectivity index (χ1v) is 6.50. The highest BCUT2D eigenvalue weighted by Gasteiger charge is 2.09. The van der Waals surface area contributed by atoms with Crippen molar-refractivity contribution in [2.75, 3.05) is 19.6 Å². The number of hydrogen-bond donors (Lipinski definition) is 1. The summed E-state index contributed by atoms with van der Waals surface area (Å²) in [6, 6.07) is 3.49. The van der Waals surface area contributed by atoms with Crippen LogP contribution >= 0.6 is 0 Å². The van der Waals surface area contributed by atoms with E-state index in [1.807, 2.05) is 13.8 Å². The maximum absolute atomic E-state index is 13.3. The molecule has 0 unspecified atom stereocenters. The van der Waals surface area contributed by atoms with Crippen LogP contribution in [-0.2, 0) is 11.3 Å². The van der Waals surface area contributed by atoms with Gasteiger partial charge in [0.25, 0.3) is 0 Å². The third kappa shape index (κ3) is 4.95. The van der Waals surface area contributed by atoms with Gasteiger partial charge in [0.2, 0.25) is 5.91 Å². The second-order valence-corrected chi connectivity index (χ2v) is 4.23. The van der Waals surface area contributed by atoms with E-state index in [0.29, 0.717) is 31.6 Å². The van der Waals surface area contributed by atoms with Crippen LogP contribution in [-0.4, -0.2) is 30.4 Å². The monoisotopic (exact) mass is 270 g/mol. The van der Waals surface area contributed by atoms with Crippen LogP contribution in [0.4, 0.5) is 8.78 Å². The van der Waals surface area contributed by atoms with E-state index in [9.17, 15) is 13.6 Å². The first-order valence-electron chi connectivity index (χ1n) is 6.50. The molecular weight excluding hydrogens is 250 g/mol. The summed E-state index contributed by atoms with van der Waals surface area (Å²) in [7, 11) is 0. The number of carbonyl (C=O) groups is 1. The van der Waals surface area contributed by atoms with Gasteiger partial charge in [-0.1, -0.05) is 6.07 Å². The molecule has 0 aliphatic heterocycles. The summed E-state index contributed by atoms with van der Waals surface area (Å²) in [5.41, 5.74) is 0.400. The Balaban J connectivity index is 2.33. The van der Waals surface area contributed by atoms with Gasteiger partial charge in [0.05, 0.1) is 0 Å².